The molecule has 0 unspecified atom stereocenters. The summed E-state index contributed by atoms with van der Waals surface area (Å²) in [5.74, 6) is -1.89. The zero-order valence-corrected chi connectivity index (χ0v) is 25.0. The number of hydrogen-bond acceptors (Lipinski definition) is 5. The highest BCUT2D eigenvalue weighted by Gasteiger charge is 2.38. The molecule has 0 saturated carbocycles. The Morgan fingerprint density at radius 1 is 1.12 bits per heavy atom. The average Bonchev–Trinajstić information content (AvgIpc) is 2.94. The fourth-order valence-electron chi connectivity index (χ4n) is 2.77. The van der Waals surface area contributed by atoms with Crippen LogP contribution in [0.5, 0.6) is 0 Å². The molecule has 0 bridgehead atoms. The number of hydrogen-bond donors (Lipinski definition) is 3. The Balaban J connectivity index is 0. The second kappa shape index (κ2) is 20.7. The molecule has 2 rings (SSSR count). The van der Waals surface area contributed by atoms with Gasteiger partial charge in [-0.05, 0) is 38.5 Å². The molecule has 1 aliphatic heterocycles. The summed E-state index contributed by atoms with van der Waals surface area (Å²) in [6.07, 6.45) is -2.29. The van der Waals surface area contributed by atoms with Crippen molar-refractivity contribution in [3.05, 3.63) is 53.8 Å². The minimum absolute atomic E-state index is 0.296. The number of aliphatic imine (C=N–C) groups is 2. The van der Waals surface area contributed by atoms with E-state index >= 15 is 0 Å². The molecule has 3 N–H and O–H groups in total. The van der Waals surface area contributed by atoms with Crippen LogP contribution in [0.2, 0.25) is 0 Å². The summed E-state index contributed by atoms with van der Waals surface area (Å²) in [6.45, 7) is 15.1. The van der Waals surface area contributed by atoms with E-state index in [-0.39, 0.29) is 11.5 Å². The van der Waals surface area contributed by atoms with Crippen molar-refractivity contribution in [2.45, 2.75) is 80.6 Å². The van der Waals surface area contributed by atoms with Gasteiger partial charge >= 0.3 is 18.4 Å². The molecule has 0 saturated heterocycles. The van der Waals surface area contributed by atoms with E-state index in [0.29, 0.717) is 6.07 Å². The van der Waals surface area contributed by atoms with Gasteiger partial charge in [0.1, 0.15) is 11.5 Å². The molecule has 1 atom stereocenters. The molecule has 1 aliphatic rings. The van der Waals surface area contributed by atoms with Crippen LogP contribution in [-0.4, -0.2) is 29.7 Å². The fourth-order valence-corrected chi connectivity index (χ4v) is 2.77. The summed E-state index contributed by atoms with van der Waals surface area (Å²) < 4.78 is 79.6. The van der Waals surface area contributed by atoms with Gasteiger partial charge in [0.15, 0.2) is 0 Å². The molecule has 42 heavy (non-hydrogen) atoms. The largest absolute Gasteiger partial charge is 0.431 e. The summed E-state index contributed by atoms with van der Waals surface area (Å²) in [5.41, 5.74) is -1.43. The highest BCUT2D eigenvalue weighted by atomic mass is 19.4. The van der Waals surface area contributed by atoms with E-state index in [1.54, 1.807) is 6.92 Å². The summed E-state index contributed by atoms with van der Waals surface area (Å²) in [4.78, 5) is 19.8. The third kappa shape index (κ3) is 15.0. The monoisotopic (exact) mass is 603 g/mol. The number of urea groups is 1. The lowest BCUT2D eigenvalue weighted by Crippen LogP contribution is -2.45. The minimum atomic E-state index is -4.85. The van der Waals surface area contributed by atoms with Crippen LogP contribution in [0.1, 0.15) is 79.4 Å². The Hall–Kier alpha value is -4.15. The lowest BCUT2D eigenvalue weighted by Gasteiger charge is -2.20. The lowest BCUT2D eigenvalue weighted by molar-refractivity contribution is -0.137. The Labute approximate surface area is 243 Å². The first kappa shape index (κ1) is 40.0. The molecule has 0 spiro atoms. The van der Waals surface area contributed by atoms with Crippen LogP contribution in [0.15, 0.2) is 57.7 Å². The third-order valence-corrected chi connectivity index (χ3v) is 4.55. The van der Waals surface area contributed by atoms with Gasteiger partial charge in [-0.15, -0.1) is 0 Å². The average molecular weight is 604 g/mol. The first-order chi connectivity index (χ1) is 19.8. The van der Waals surface area contributed by atoms with E-state index < -0.39 is 53.5 Å². The van der Waals surface area contributed by atoms with Gasteiger partial charge in [0.25, 0.3) is 0 Å². The van der Waals surface area contributed by atoms with Gasteiger partial charge < -0.3 is 5.32 Å². The number of nitriles is 1. The van der Waals surface area contributed by atoms with E-state index in [9.17, 15) is 31.1 Å². The number of benzene rings is 1. The second-order valence-corrected chi connectivity index (χ2v) is 7.62. The van der Waals surface area contributed by atoms with Gasteiger partial charge in [-0.2, -0.15) is 41.7 Å². The van der Waals surface area contributed by atoms with Crippen LogP contribution in [0.3, 0.4) is 0 Å². The van der Waals surface area contributed by atoms with E-state index in [1.165, 1.54) is 25.3 Å². The zero-order chi connectivity index (χ0) is 32.9. The summed E-state index contributed by atoms with van der Waals surface area (Å²) >= 11 is 0. The third-order valence-electron chi connectivity index (χ3n) is 4.55. The number of carbonyl (C=O) groups excluding carboxylic acids is 1. The van der Waals surface area contributed by atoms with Crippen LogP contribution in [0, 0.1) is 17.2 Å². The molecule has 234 valence electrons. The molecule has 8 nitrogen and oxygen atoms in total. The number of halogens is 6. The molecule has 0 aromatic heterocycles. The lowest BCUT2D eigenvalue weighted by atomic mass is 10.0. The quantitative estimate of drug-likeness (QED) is 0.238. The number of alkyl halides is 6. The number of amides is 2. The van der Waals surface area contributed by atoms with Crippen molar-refractivity contribution in [2.75, 3.05) is 0 Å². The van der Waals surface area contributed by atoms with Gasteiger partial charge in [-0.25, -0.2) is 15.2 Å². The Kier molecular flexibility index (Phi) is 19.7. The SMILES string of the molecule is C/C=C/NC(=O)NC1=NC(=Nc2ccc(C#N)c(C(F)(F)F)c2)[C@@H](C)C/C(C(F)(F)F)=N\N1.C/C=C\CC.CC.CC. The zero-order valence-electron chi connectivity index (χ0n) is 25.0. The molecule has 14 heteroatoms. The normalized spacial score (nSPS) is 17.3. The van der Waals surface area contributed by atoms with Gasteiger partial charge in [0, 0.05) is 18.5 Å². The van der Waals surface area contributed by atoms with Crippen molar-refractivity contribution in [1.82, 2.24) is 16.1 Å². The van der Waals surface area contributed by atoms with Crippen molar-refractivity contribution in [3.63, 3.8) is 0 Å². The molecule has 0 radical (unpaired) electrons. The number of rotatable bonds is 3. The topological polar surface area (TPSA) is 114 Å². The van der Waals surface area contributed by atoms with Crippen molar-refractivity contribution < 1.29 is 31.1 Å². The minimum Gasteiger partial charge on any atom is -0.315 e. The maximum absolute atomic E-state index is 13.3. The van der Waals surface area contributed by atoms with Crippen molar-refractivity contribution in [1.29, 1.82) is 5.26 Å². The number of carbonyl (C=O) groups is 1. The van der Waals surface area contributed by atoms with E-state index in [1.807, 2.05) is 40.0 Å². The molecular weight excluding hydrogens is 564 g/mol. The molecule has 0 aliphatic carbocycles. The van der Waals surface area contributed by atoms with Crippen molar-refractivity contribution >= 4 is 29.2 Å². The van der Waals surface area contributed by atoms with Crippen LogP contribution < -0.4 is 16.1 Å². The van der Waals surface area contributed by atoms with E-state index in [2.05, 4.69) is 44.8 Å². The number of hydrazone groups is 1. The first-order valence-electron chi connectivity index (χ1n) is 13.2. The molecule has 0 fully saturated rings. The van der Waals surface area contributed by atoms with Gasteiger partial charge in [0.2, 0.25) is 5.96 Å². The molecule has 1 heterocycles. The van der Waals surface area contributed by atoms with E-state index in [0.717, 1.165) is 18.6 Å². The maximum atomic E-state index is 13.3. The second-order valence-electron chi connectivity index (χ2n) is 7.62. The number of amidine groups is 1. The number of nitrogens with zero attached hydrogens (tertiary/aromatic N) is 4. The standard InChI is InChI=1S/C19H17F6N7O.C5H10.2C2H6/c1-3-6-27-17(33)30-16-29-15(10(2)7-14(31-32-16)19(23,24)25)28-12-5-4-11(9-26)13(8-12)18(20,21)22;1-3-5-4-2;2*1-2/h3-6,8,10H,7H2,1-2H3,(H3,27,28,29,30,32,33);3,5H,4H2,1-2H3;2*1-2H3/b6-3+,31-14+;5-3-;;/t10-;;;/m0.../s1. The summed E-state index contributed by atoms with van der Waals surface area (Å²) in [5, 5.41) is 16.5. The van der Waals surface area contributed by atoms with Crippen LogP contribution in [0.25, 0.3) is 0 Å². The Morgan fingerprint density at radius 2 is 1.74 bits per heavy atom. The Morgan fingerprint density at radius 3 is 2.19 bits per heavy atom. The van der Waals surface area contributed by atoms with Crippen molar-refractivity contribution in [3.8, 4) is 6.07 Å². The highest BCUT2D eigenvalue weighted by Crippen LogP contribution is 2.34. The van der Waals surface area contributed by atoms with Gasteiger partial charge in [0.05, 0.1) is 22.9 Å². The fraction of sp³-hybridized carbons (Fsp3) is 0.464. The van der Waals surface area contributed by atoms with Gasteiger partial charge in [-0.1, -0.05) is 59.8 Å². The van der Waals surface area contributed by atoms with Crippen LogP contribution >= 0.6 is 0 Å². The predicted molar refractivity (Wildman–Crippen MR) is 155 cm³/mol. The number of nitrogens with one attached hydrogen (secondary N) is 3. The first-order valence-corrected chi connectivity index (χ1v) is 13.2. The molecular formula is C28H39F6N7O. The van der Waals surface area contributed by atoms with Crippen LogP contribution in [0.4, 0.5) is 36.8 Å². The van der Waals surface area contributed by atoms with Crippen LogP contribution in [-0.2, 0) is 6.18 Å². The summed E-state index contributed by atoms with van der Waals surface area (Å²) in [6, 6.07) is 3.13. The van der Waals surface area contributed by atoms with Gasteiger partial charge in [-0.3, -0.25) is 5.32 Å². The smallest absolute Gasteiger partial charge is 0.315 e. The molecule has 1 aromatic rings. The summed E-state index contributed by atoms with van der Waals surface area (Å²) in [7, 11) is 0. The number of guanidine groups is 1. The molecule has 1 aromatic carbocycles. The van der Waals surface area contributed by atoms with E-state index in [4.69, 9.17) is 5.26 Å². The number of allylic oxidation sites excluding steroid dienone is 3. The molecule has 2 amide bonds. The predicted octanol–water partition coefficient (Wildman–Crippen LogP) is 8.37. The van der Waals surface area contributed by atoms with Crippen molar-refractivity contribution in [2.24, 2.45) is 21.0 Å². The highest BCUT2D eigenvalue weighted by molar-refractivity contribution is 6.06. The maximum Gasteiger partial charge on any atom is 0.431 e. The Bertz CT molecular complexity index is 1160.